The van der Waals surface area contributed by atoms with Gasteiger partial charge in [-0.05, 0) is 12.8 Å². The molecule has 6 heteroatoms. The molecule has 0 aromatic heterocycles. The molecule has 0 bridgehead atoms. The number of halogens is 1. The van der Waals surface area contributed by atoms with E-state index in [2.05, 4.69) is 4.99 Å². The largest absolute Gasteiger partial charge is 0.370 e. The van der Waals surface area contributed by atoms with Crippen LogP contribution >= 0.6 is 11.6 Å². The van der Waals surface area contributed by atoms with Crippen LogP contribution in [0.1, 0.15) is 25.7 Å². The fourth-order valence-corrected chi connectivity index (χ4v) is 2.63. The van der Waals surface area contributed by atoms with Gasteiger partial charge in [0.25, 0.3) is 0 Å². The van der Waals surface area contributed by atoms with Gasteiger partial charge in [-0.1, -0.05) is 6.42 Å². The Morgan fingerprint density at radius 3 is 2.94 bits per heavy atom. The van der Waals surface area contributed by atoms with Crippen molar-refractivity contribution >= 4 is 17.6 Å². The molecular formula is C10H18ClN3O2. The number of ether oxygens (including phenoxy) is 2. The van der Waals surface area contributed by atoms with Gasteiger partial charge in [0.1, 0.15) is 6.10 Å². The summed E-state index contributed by atoms with van der Waals surface area (Å²) < 4.78 is 11.6. The molecule has 1 saturated heterocycles. The van der Waals surface area contributed by atoms with Gasteiger partial charge in [0.2, 0.25) is 0 Å². The monoisotopic (exact) mass is 247 g/mol. The van der Waals surface area contributed by atoms with Crippen molar-refractivity contribution in [1.82, 2.24) is 0 Å². The van der Waals surface area contributed by atoms with Crippen LogP contribution in [0.5, 0.6) is 0 Å². The van der Waals surface area contributed by atoms with E-state index < -0.39 is 5.79 Å². The van der Waals surface area contributed by atoms with Gasteiger partial charge in [-0.3, -0.25) is 4.99 Å². The van der Waals surface area contributed by atoms with E-state index >= 15 is 0 Å². The maximum Gasteiger partial charge on any atom is 0.186 e. The fraction of sp³-hybridized carbons (Fsp3) is 0.900. The molecule has 2 aliphatic rings. The van der Waals surface area contributed by atoms with Crippen LogP contribution in [0.25, 0.3) is 0 Å². The van der Waals surface area contributed by atoms with Crippen molar-refractivity contribution in [3.8, 4) is 0 Å². The lowest BCUT2D eigenvalue weighted by Crippen LogP contribution is -2.43. The van der Waals surface area contributed by atoms with Crippen molar-refractivity contribution in [3.05, 3.63) is 0 Å². The Morgan fingerprint density at radius 1 is 1.44 bits per heavy atom. The van der Waals surface area contributed by atoms with Crippen LogP contribution in [-0.4, -0.2) is 36.4 Å². The van der Waals surface area contributed by atoms with Gasteiger partial charge in [-0.2, -0.15) is 0 Å². The molecule has 3 unspecified atom stereocenters. The highest BCUT2D eigenvalue weighted by Crippen LogP contribution is 2.40. The summed E-state index contributed by atoms with van der Waals surface area (Å²) in [6.45, 7) is 0.952. The zero-order valence-corrected chi connectivity index (χ0v) is 9.95. The zero-order chi connectivity index (χ0) is 11.6. The summed E-state index contributed by atoms with van der Waals surface area (Å²) in [7, 11) is 0. The number of hydrogen-bond acceptors (Lipinski definition) is 3. The third-order valence-electron chi connectivity index (χ3n) is 3.07. The molecule has 0 amide bonds. The van der Waals surface area contributed by atoms with Gasteiger partial charge in [0, 0.05) is 6.42 Å². The zero-order valence-electron chi connectivity index (χ0n) is 9.19. The molecule has 1 aliphatic heterocycles. The average molecular weight is 248 g/mol. The Hall–Kier alpha value is -0.520. The molecule has 0 radical (unpaired) electrons. The predicted octanol–water partition coefficient (Wildman–Crippen LogP) is 0.553. The molecule has 1 aliphatic carbocycles. The number of alkyl halides is 1. The lowest BCUT2D eigenvalue weighted by Gasteiger charge is -2.36. The molecule has 5 nitrogen and oxygen atoms in total. The average Bonchev–Trinajstić information content (AvgIpc) is 2.65. The second kappa shape index (κ2) is 4.77. The minimum Gasteiger partial charge on any atom is -0.370 e. The van der Waals surface area contributed by atoms with E-state index in [0.29, 0.717) is 13.2 Å². The number of rotatable bonds is 2. The number of guanidine groups is 1. The third-order valence-corrected chi connectivity index (χ3v) is 3.62. The summed E-state index contributed by atoms with van der Waals surface area (Å²) in [6.07, 6.45) is 3.96. The number of nitrogens with two attached hydrogens (primary N) is 2. The maximum absolute atomic E-state index is 6.27. The SMILES string of the molecule is NC(N)=NCC1COC2(CCCCC2Cl)O1. The van der Waals surface area contributed by atoms with E-state index in [9.17, 15) is 0 Å². The first-order valence-corrected chi connectivity index (χ1v) is 6.07. The summed E-state index contributed by atoms with van der Waals surface area (Å²) >= 11 is 6.27. The number of aliphatic imine (C=N–C) groups is 1. The van der Waals surface area contributed by atoms with Crippen molar-refractivity contribution in [2.45, 2.75) is 43.0 Å². The Balaban J connectivity index is 1.93. The van der Waals surface area contributed by atoms with Crippen molar-refractivity contribution in [2.24, 2.45) is 16.5 Å². The number of hydrogen-bond donors (Lipinski definition) is 2. The molecule has 0 aromatic rings. The first-order valence-electron chi connectivity index (χ1n) is 5.64. The summed E-state index contributed by atoms with van der Waals surface area (Å²) in [5.74, 6) is -0.515. The minimum absolute atomic E-state index is 0.0644. The Kier molecular flexibility index (Phi) is 3.56. The van der Waals surface area contributed by atoms with E-state index in [1.807, 2.05) is 0 Å². The first kappa shape index (κ1) is 12.0. The van der Waals surface area contributed by atoms with E-state index in [0.717, 1.165) is 25.7 Å². The van der Waals surface area contributed by atoms with Gasteiger partial charge in [-0.15, -0.1) is 11.6 Å². The highest BCUT2D eigenvalue weighted by molar-refractivity contribution is 6.21. The van der Waals surface area contributed by atoms with Crippen LogP contribution in [0.4, 0.5) is 0 Å². The van der Waals surface area contributed by atoms with Crippen molar-refractivity contribution in [2.75, 3.05) is 13.2 Å². The van der Waals surface area contributed by atoms with Crippen LogP contribution in [0.2, 0.25) is 0 Å². The molecule has 2 rings (SSSR count). The highest BCUT2D eigenvalue weighted by atomic mass is 35.5. The van der Waals surface area contributed by atoms with Gasteiger partial charge >= 0.3 is 0 Å². The second-order valence-corrected chi connectivity index (χ2v) is 4.87. The molecule has 3 atom stereocenters. The summed E-state index contributed by atoms with van der Waals surface area (Å²) in [5, 5.41) is -0.0644. The van der Waals surface area contributed by atoms with E-state index in [1.54, 1.807) is 0 Å². The second-order valence-electron chi connectivity index (χ2n) is 4.34. The van der Waals surface area contributed by atoms with Crippen molar-refractivity contribution in [1.29, 1.82) is 0 Å². The molecule has 92 valence electrons. The summed E-state index contributed by atoms with van der Waals surface area (Å²) in [6, 6.07) is 0. The van der Waals surface area contributed by atoms with E-state index in [4.69, 9.17) is 32.5 Å². The van der Waals surface area contributed by atoms with Gasteiger partial charge in [0.05, 0.1) is 18.5 Å². The molecule has 2 fully saturated rings. The number of nitrogens with zero attached hydrogens (tertiary/aromatic N) is 1. The van der Waals surface area contributed by atoms with Crippen LogP contribution in [0.3, 0.4) is 0 Å². The van der Waals surface area contributed by atoms with Gasteiger partial charge < -0.3 is 20.9 Å². The van der Waals surface area contributed by atoms with Crippen LogP contribution < -0.4 is 11.5 Å². The molecular weight excluding hydrogens is 230 g/mol. The quantitative estimate of drug-likeness (QED) is 0.424. The van der Waals surface area contributed by atoms with Crippen LogP contribution in [0, 0.1) is 0 Å². The smallest absolute Gasteiger partial charge is 0.186 e. The molecule has 1 heterocycles. The van der Waals surface area contributed by atoms with Crippen LogP contribution in [0.15, 0.2) is 4.99 Å². The fourth-order valence-electron chi connectivity index (χ4n) is 2.25. The van der Waals surface area contributed by atoms with E-state index in [-0.39, 0.29) is 17.4 Å². The van der Waals surface area contributed by atoms with Crippen molar-refractivity contribution in [3.63, 3.8) is 0 Å². The van der Waals surface area contributed by atoms with E-state index in [1.165, 1.54) is 0 Å². The minimum atomic E-state index is -0.594. The lowest BCUT2D eigenvalue weighted by atomic mass is 9.94. The molecule has 16 heavy (non-hydrogen) atoms. The molecule has 1 saturated carbocycles. The van der Waals surface area contributed by atoms with Crippen LogP contribution in [-0.2, 0) is 9.47 Å². The summed E-state index contributed by atoms with van der Waals surface area (Å²) in [4.78, 5) is 3.93. The molecule has 1 spiro atoms. The summed E-state index contributed by atoms with van der Waals surface area (Å²) in [5.41, 5.74) is 10.5. The standard InChI is InChI=1S/C10H18ClN3O2/c11-8-3-1-2-4-10(8)15-6-7(16-10)5-14-9(12)13/h7-8H,1-6H2,(H4,12,13,14). The highest BCUT2D eigenvalue weighted by Gasteiger charge is 2.48. The van der Waals surface area contributed by atoms with Gasteiger partial charge in [-0.25, -0.2) is 0 Å². The normalized spacial score (nSPS) is 38.8. The lowest BCUT2D eigenvalue weighted by molar-refractivity contribution is -0.182. The predicted molar refractivity (Wildman–Crippen MR) is 62.3 cm³/mol. The Labute approximate surface area is 100 Å². The first-order chi connectivity index (χ1) is 7.62. The third kappa shape index (κ3) is 2.42. The Morgan fingerprint density at radius 2 is 2.25 bits per heavy atom. The topological polar surface area (TPSA) is 82.9 Å². The van der Waals surface area contributed by atoms with Crippen molar-refractivity contribution < 1.29 is 9.47 Å². The Bertz CT molecular complexity index is 283. The maximum atomic E-state index is 6.27. The molecule has 4 N–H and O–H groups in total. The molecule has 0 aromatic carbocycles. The van der Waals surface area contributed by atoms with Gasteiger partial charge in [0.15, 0.2) is 11.7 Å².